The Hall–Kier alpha value is -0.990. The average Bonchev–Trinajstić information content (AvgIpc) is 2.41. The van der Waals surface area contributed by atoms with Crippen LogP contribution in [0.25, 0.3) is 0 Å². The summed E-state index contributed by atoms with van der Waals surface area (Å²) in [5.74, 6) is -0.190. The molecule has 0 aliphatic heterocycles. The number of hydrogen-bond acceptors (Lipinski definition) is 3. The zero-order chi connectivity index (χ0) is 12.6. The normalized spacial score (nSPS) is 23.1. The monoisotopic (exact) mass is 251 g/mol. The Labute approximate surface area is 110 Å². The predicted octanol–water partition coefficient (Wildman–Crippen LogP) is 3.30. The van der Waals surface area contributed by atoms with Crippen LogP contribution in [0.3, 0.4) is 0 Å². The van der Waals surface area contributed by atoms with Gasteiger partial charge in [-0.25, -0.2) is 4.79 Å². The first kappa shape index (κ1) is 13.4. The lowest BCUT2D eigenvalue weighted by atomic mass is 9.96. The summed E-state index contributed by atoms with van der Waals surface area (Å²) >= 11 is 0. The van der Waals surface area contributed by atoms with Crippen LogP contribution in [0.15, 0.2) is 12.3 Å². The first-order valence-corrected chi connectivity index (χ1v) is 7.48. The molecule has 0 bridgehead atoms. The first-order valence-electron chi connectivity index (χ1n) is 7.48. The predicted molar refractivity (Wildman–Crippen MR) is 72.1 cm³/mol. The van der Waals surface area contributed by atoms with E-state index >= 15 is 0 Å². The van der Waals surface area contributed by atoms with Gasteiger partial charge in [-0.15, -0.1) is 0 Å². The fourth-order valence-corrected chi connectivity index (χ4v) is 2.91. The number of rotatable bonds is 4. The highest BCUT2D eigenvalue weighted by atomic mass is 16.5. The molecule has 3 heteroatoms. The highest BCUT2D eigenvalue weighted by Crippen LogP contribution is 2.20. The second-order valence-electron chi connectivity index (χ2n) is 5.53. The molecule has 3 nitrogen and oxygen atoms in total. The van der Waals surface area contributed by atoms with E-state index in [2.05, 4.69) is 5.32 Å². The van der Waals surface area contributed by atoms with Crippen LogP contribution in [0.1, 0.15) is 64.2 Å². The maximum Gasteiger partial charge on any atom is 0.332 e. The lowest BCUT2D eigenvalue weighted by Crippen LogP contribution is -2.27. The molecule has 0 heterocycles. The minimum absolute atomic E-state index is 0.158. The molecule has 0 atom stereocenters. The van der Waals surface area contributed by atoms with Gasteiger partial charge in [0.05, 0.1) is 0 Å². The first-order chi connectivity index (χ1) is 8.84. The Kier molecular flexibility index (Phi) is 5.56. The molecule has 1 N–H and O–H groups in total. The fraction of sp³-hybridized carbons (Fsp3) is 0.800. The SMILES string of the molecule is O=C(/C=C/NC1CCCCC1)OC1CCCCC1. The number of ether oxygens (including phenoxy) is 1. The van der Waals surface area contributed by atoms with E-state index in [0.717, 1.165) is 12.8 Å². The average molecular weight is 251 g/mol. The summed E-state index contributed by atoms with van der Waals surface area (Å²) in [6, 6.07) is 0.553. The van der Waals surface area contributed by atoms with Gasteiger partial charge in [-0.3, -0.25) is 0 Å². The van der Waals surface area contributed by atoms with Crippen molar-refractivity contribution in [3.8, 4) is 0 Å². The van der Waals surface area contributed by atoms with Crippen molar-refractivity contribution in [2.24, 2.45) is 0 Å². The fourth-order valence-electron chi connectivity index (χ4n) is 2.91. The number of nitrogens with one attached hydrogen (secondary N) is 1. The van der Waals surface area contributed by atoms with Gasteiger partial charge in [0.1, 0.15) is 6.10 Å². The van der Waals surface area contributed by atoms with Gasteiger partial charge in [0.2, 0.25) is 0 Å². The Morgan fingerprint density at radius 1 is 0.944 bits per heavy atom. The van der Waals surface area contributed by atoms with Crippen molar-refractivity contribution < 1.29 is 9.53 Å². The van der Waals surface area contributed by atoms with Crippen molar-refractivity contribution >= 4 is 5.97 Å². The highest BCUT2D eigenvalue weighted by molar-refractivity contribution is 5.81. The van der Waals surface area contributed by atoms with Crippen LogP contribution in [0.4, 0.5) is 0 Å². The van der Waals surface area contributed by atoms with Crippen LogP contribution in [0, 0.1) is 0 Å². The molecule has 0 radical (unpaired) electrons. The molecule has 2 saturated carbocycles. The Bertz CT molecular complexity index is 276. The topological polar surface area (TPSA) is 38.3 Å². The summed E-state index contributed by atoms with van der Waals surface area (Å²) in [5, 5.41) is 3.31. The molecule has 102 valence electrons. The third-order valence-electron chi connectivity index (χ3n) is 3.99. The maximum absolute atomic E-state index is 11.6. The molecule has 2 aliphatic rings. The molecule has 0 aromatic carbocycles. The summed E-state index contributed by atoms with van der Waals surface area (Å²) in [7, 11) is 0. The molecular weight excluding hydrogens is 226 g/mol. The molecule has 0 aromatic rings. The van der Waals surface area contributed by atoms with E-state index in [0.29, 0.717) is 6.04 Å². The second-order valence-corrected chi connectivity index (χ2v) is 5.53. The number of carbonyl (C=O) groups is 1. The van der Waals surface area contributed by atoms with Crippen molar-refractivity contribution in [3.05, 3.63) is 12.3 Å². The van der Waals surface area contributed by atoms with Crippen LogP contribution in [-0.4, -0.2) is 18.1 Å². The molecule has 0 amide bonds. The van der Waals surface area contributed by atoms with E-state index in [1.165, 1.54) is 51.4 Å². The Balaban J connectivity index is 1.63. The van der Waals surface area contributed by atoms with E-state index < -0.39 is 0 Å². The molecule has 0 aromatic heterocycles. The zero-order valence-electron chi connectivity index (χ0n) is 11.2. The van der Waals surface area contributed by atoms with Crippen molar-refractivity contribution in [1.82, 2.24) is 5.32 Å². The van der Waals surface area contributed by atoms with Crippen LogP contribution in [0.5, 0.6) is 0 Å². The highest BCUT2D eigenvalue weighted by Gasteiger charge is 2.16. The second kappa shape index (κ2) is 7.45. The lowest BCUT2D eigenvalue weighted by molar-refractivity contribution is -0.144. The Morgan fingerprint density at radius 3 is 2.22 bits per heavy atom. The minimum atomic E-state index is -0.190. The van der Waals surface area contributed by atoms with Crippen LogP contribution >= 0.6 is 0 Å². The van der Waals surface area contributed by atoms with E-state index in [1.807, 2.05) is 0 Å². The maximum atomic E-state index is 11.6. The number of carbonyl (C=O) groups excluding carboxylic acids is 1. The summed E-state index contributed by atoms with van der Waals surface area (Å²) in [6.45, 7) is 0. The van der Waals surface area contributed by atoms with Gasteiger partial charge < -0.3 is 10.1 Å². The third-order valence-corrected chi connectivity index (χ3v) is 3.99. The van der Waals surface area contributed by atoms with E-state index in [9.17, 15) is 4.79 Å². The smallest absolute Gasteiger partial charge is 0.332 e. The van der Waals surface area contributed by atoms with Gasteiger partial charge >= 0.3 is 5.97 Å². The van der Waals surface area contributed by atoms with Crippen molar-refractivity contribution in [1.29, 1.82) is 0 Å². The Morgan fingerprint density at radius 2 is 1.56 bits per heavy atom. The van der Waals surface area contributed by atoms with Gasteiger partial charge in [0, 0.05) is 18.3 Å². The molecule has 18 heavy (non-hydrogen) atoms. The molecule has 2 rings (SSSR count). The summed E-state index contributed by atoms with van der Waals surface area (Å²) in [4.78, 5) is 11.6. The number of esters is 1. The summed E-state index contributed by atoms with van der Waals surface area (Å²) in [5.41, 5.74) is 0. The largest absolute Gasteiger partial charge is 0.459 e. The third kappa shape index (κ3) is 4.71. The van der Waals surface area contributed by atoms with Crippen LogP contribution < -0.4 is 5.32 Å². The molecule has 0 spiro atoms. The minimum Gasteiger partial charge on any atom is -0.459 e. The van der Waals surface area contributed by atoms with Crippen molar-refractivity contribution in [3.63, 3.8) is 0 Å². The molecule has 0 saturated heterocycles. The lowest BCUT2D eigenvalue weighted by Gasteiger charge is -2.22. The van der Waals surface area contributed by atoms with Gasteiger partial charge in [-0.2, -0.15) is 0 Å². The van der Waals surface area contributed by atoms with Crippen molar-refractivity contribution in [2.75, 3.05) is 0 Å². The van der Waals surface area contributed by atoms with Crippen LogP contribution in [-0.2, 0) is 9.53 Å². The van der Waals surface area contributed by atoms with Gasteiger partial charge in [-0.05, 0) is 38.5 Å². The molecular formula is C15H25NO2. The summed E-state index contributed by atoms with van der Waals surface area (Å²) in [6.07, 6.45) is 15.6. The van der Waals surface area contributed by atoms with Gasteiger partial charge in [-0.1, -0.05) is 25.7 Å². The summed E-state index contributed by atoms with van der Waals surface area (Å²) < 4.78 is 5.41. The van der Waals surface area contributed by atoms with E-state index in [1.54, 1.807) is 12.3 Å². The van der Waals surface area contributed by atoms with E-state index in [4.69, 9.17) is 4.74 Å². The van der Waals surface area contributed by atoms with Crippen LogP contribution in [0.2, 0.25) is 0 Å². The zero-order valence-corrected chi connectivity index (χ0v) is 11.2. The van der Waals surface area contributed by atoms with Crippen molar-refractivity contribution in [2.45, 2.75) is 76.4 Å². The quantitative estimate of drug-likeness (QED) is 0.615. The number of hydrogen-bond donors (Lipinski definition) is 1. The molecule has 0 unspecified atom stereocenters. The molecule has 2 aliphatic carbocycles. The van der Waals surface area contributed by atoms with Gasteiger partial charge in [0.25, 0.3) is 0 Å². The standard InChI is InChI=1S/C15H25NO2/c17-15(18-14-9-5-2-6-10-14)11-12-16-13-7-3-1-4-8-13/h11-14,16H,1-10H2/b12-11+. The van der Waals surface area contributed by atoms with E-state index in [-0.39, 0.29) is 12.1 Å². The van der Waals surface area contributed by atoms with Gasteiger partial charge in [0.15, 0.2) is 0 Å². The molecule has 2 fully saturated rings.